The number of ether oxygens (including phenoxy) is 2. The molecule has 2 aliphatic carbocycles. The Hall–Kier alpha value is -2.49. The lowest BCUT2D eigenvalue weighted by Gasteiger charge is -2.44. The highest BCUT2D eigenvalue weighted by molar-refractivity contribution is 5.81. The van der Waals surface area contributed by atoms with Crippen molar-refractivity contribution in [1.82, 2.24) is 5.32 Å². The largest absolute Gasteiger partial charge is 0.487 e. The van der Waals surface area contributed by atoms with E-state index in [-0.39, 0.29) is 17.6 Å². The number of benzene rings is 2. The van der Waals surface area contributed by atoms with Crippen LogP contribution in [-0.4, -0.2) is 17.6 Å². The number of amides is 1. The van der Waals surface area contributed by atoms with Crippen molar-refractivity contribution in [2.24, 2.45) is 0 Å². The summed E-state index contributed by atoms with van der Waals surface area (Å²) in [6.45, 7) is 2.02. The van der Waals surface area contributed by atoms with Crippen LogP contribution in [0, 0.1) is 0 Å². The molecular formula is C28H35NO3. The van der Waals surface area contributed by atoms with E-state index in [0.29, 0.717) is 6.42 Å². The summed E-state index contributed by atoms with van der Waals surface area (Å²) in [5.74, 6) is 1.70. The Balaban J connectivity index is 1.32. The van der Waals surface area contributed by atoms with Crippen molar-refractivity contribution < 1.29 is 14.3 Å². The SMILES string of the molecule is CC[C@H](Oc1ccc2c(c1)CCCC2)C(=O)N[C@H]1CC2(CCCCC2)Oc2ccccc21. The molecule has 170 valence electrons. The summed E-state index contributed by atoms with van der Waals surface area (Å²) in [7, 11) is 0. The number of aryl methyl sites for hydroxylation is 2. The first-order valence-electron chi connectivity index (χ1n) is 12.5. The molecule has 0 radical (unpaired) electrons. The number of hydrogen-bond donors (Lipinski definition) is 1. The molecular weight excluding hydrogens is 398 g/mol. The van der Waals surface area contributed by atoms with Crippen LogP contribution in [0.3, 0.4) is 0 Å². The maximum Gasteiger partial charge on any atom is 0.261 e. The molecule has 0 unspecified atom stereocenters. The van der Waals surface area contributed by atoms with Crippen molar-refractivity contribution in [2.45, 2.75) is 95.3 Å². The van der Waals surface area contributed by atoms with Gasteiger partial charge in [-0.2, -0.15) is 0 Å². The molecule has 1 aliphatic heterocycles. The van der Waals surface area contributed by atoms with Gasteiger partial charge in [0.15, 0.2) is 6.10 Å². The maximum atomic E-state index is 13.3. The molecule has 1 N–H and O–H groups in total. The topological polar surface area (TPSA) is 47.6 Å². The van der Waals surface area contributed by atoms with Crippen molar-refractivity contribution in [3.8, 4) is 11.5 Å². The number of rotatable bonds is 5. The highest BCUT2D eigenvalue weighted by atomic mass is 16.5. The van der Waals surface area contributed by atoms with Crippen molar-refractivity contribution in [1.29, 1.82) is 0 Å². The van der Waals surface area contributed by atoms with Gasteiger partial charge in [-0.15, -0.1) is 0 Å². The molecule has 4 heteroatoms. The molecule has 32 heavy (non-hydrogen) atoms. The number of fused-ring (bicyclic) bond motifs is 2. The minimum atomic E-state index is -0.492. The summed E-state index contributed by atoms with van der Waals surface area (Å²) in [6.07, 6.45) is 11.5. The van der Waals surface area contributed by atoms with Crippen LogP contribution >= 0.6 is 0 Å². The van der Waals surface area contributed by atoms with Gasteiger partial charge >= 0.3 is 0 Å². The molecule has 1 amide bonds. The summed E-state index contributed by atoms with van der Waals surface area (Å²) in [5.41, 5.74) is 3.74. The maximum absolute atomic E-state index is 13.3. The van der Waals surface area contributed by atoms with E-state index in [1.807, 2.05) is 31.2 Å². The zero-order chi connectivity index (χ0) is 22.0. The Bertz CT molecular complexity index is 963. The summed E-state index contributed by atoms with van der Waals surface area (Å²) >= 11 is 0. The number of carbonyl (C=O) groups excluding carboxylic acids is 1. The smallest absolute Gasteiger partial charge is 0.261 e. The van der Waals surface area contributed by atoms with Crippen LogP contribution in [-0.2, 0) is 17.6 Å². The van der Waals surface area contributed by atoms with Crippen LogP contribution in [0.2, 0.25) is 0 Å². The van der Waals surface area contributed by atoms with Crippen molar-refractivity contribution >= 4 is 5.91 Å². The second-order valence-electron chi connectivity index (χ2n) is 9.80. The van der Waals surface area contributed by atoms with E-state index in [1.54, 1.807) is 0 Å². The summed E-state index contributed by atoms with van der Waals surface area (Å²) in [4.78, 5) is 13.3. The fraction of sp³-hybridized carbons (Fsp3) is 0.536. The predicted molar refractivity (Wildman–Crippen MR) is 126 cm³/mol. The van der Waals surface area contributed by atoms with Crippen LogP contribution in [0.25, 0.3) is 0 Å². The third kappa shape index (κ3) is 4.37. The van der Waals surface area contributed by atoms with Gasteiger partial charge in [0.25, 0.3) is 5.91 Å². The van der Waals surface area contributed by atoms with E-state index in [2.05, 4.69) is 23.5 Å². The summed E-state index contributed by atoms with van der Waals surface area (Å²) in [5, 5.41) is 3.34. The lowest BCUT2D eigenvalue weighted by molar-refractivity contribution is -0.129. The lowest BCUT2D eigenvalue weighted by atomic mass is 9.77. The summed E-state index contributed by atoms with van der Waals surface area (Å²) < 4.78 is 12.7. The third-order valence-electron chi connectivity index (χ3n) is 7.54. The molecule has 5 rings (SSSR count). The Morgan fingerprint density at radius 3 is 2.66 bits per heavy atom. The lowest BCUT2D eigenvalue weighted by Crippen LogP contribution is -2.48. The van der Waals surface area contributed by atoms with Gasteiger partial charge in [-0.1, -0.05) is 37.6 Å². The summed E-state index contributed by atoms with van der Waals surface area (Å²) in [6, 6.07) is 14.5. The fourth-order valence-corrected chi connectivity index (χ4v) is 5.78. The molecule has 1 saturated carbocycles. The van der Waals surface area contributed by atoms with E-state index in [0.717, 1.165) is 49.2 Å². The minimum absolute atomic E-state index is 0.0297. The average molecular weight is 434 g/mol. The molecule has 3 aliphatic rings. The molecule has 2 atom stereocenters. The Morgan fingerprint density at radius 2 is 1.84 bits per heavy atom. The molecule has 2 aromatic rings. The number of para-hydroxylation sites is 1. The van der Waals surface area contributed by atoms with Crippen LogP contribution < -0.4 is 14.8 Å². The Morgan fingerprint density at radius 1 is 1.06 bits per heavy atom. The monoisotopic (exact) mass is 433 g/mol. The Labute approximate surface area is 191 Å². The van der Waals surface area contributed by atoms with Gasteiger partial charge in [-0.25, -0.2) is 0 Å². The van der Waals surface area contributed by atoms with Gasteiger partial charge in [0.2, 0.25) is 0 Å². The first kappa shape index (κ1) is 21.4. The molecule has 0 saturated heterocycles. The molecule has 0 aromatic heterocycles. The number of carbonyl (C=O) groups is 1. The van der Waals surface area contributed by atoms with Gasteiger partial charge in [0.05, 0.1) is 6.04 Å². The second kappa shape index (κ2) is 9.17. The second-order valence-corrected chi connectivity index (χ2v) is 9.80. The van der Waals surface area contributed by atoms with Gasteiger partial charge in [-0.05, 0) is 87.1 Å². The van der Waals surface area contributed by atoms with Gasteiger partial charge in [0.1, 0.15) is 17.1 Å². The quantitative estimate of drug-likeness (QED) is 0.623. The molecule has 1 spiro atoms. The standard InChI is InChI=1S/C28H35NO3/c1-2-25(31-22-15-14-20-10-4-5-11-21(20)18-22)27(30)29-24-19-28(16-8-3-9-17-28)32-26-13-7-6-12-23(24)26/h6-7,12-15,18,24-25H,2-5,8-11,16-17,19H2,1H3,(H,29,30)/t24-,25-/m0/s1. The molecule has 4 nitrogen and oxygen atoms in total. The fourth-order valence-electron chi connectivity index (χ4n) is 5.78. The third-order valence-corrected chi connectivity index (χ3v) is 7.54. The van der Waals surface area contributed by atoms with E-state index in [9.17, 15) is 4.79 Å². The molecule has 1 fully saturated rings. The van der Waals surface area contributed by atoms with Crippen LogP contribution in [0.15, 0.2) is 42.5 Å². The Kier molecular flexibility index (Phi) is 6.12. The van der Waals surface area contributed by atoms with Gasteiger partial charge in [-0.3, -0.25) is 4.79 Å². The number of hydrogen-bond acceptors (Lipinski definition) is 3. The minimum Gasteiger partial charge on any atom is -0.487 e. The van der Waals surface area contributed by atoms with Crippen molar-refractivity contribution in [2.75, 3.05) is 0 Å². The highest BCUT2D eigenvalue weighted by Crippen LogP contribution is 2.46. The van der Waals surface area contributed by atoms with E-state index < -0.39 is 6.10 Å². The van der Waals surface area contributed by atoms with Gasteiger partial charge in [0, 0.05) is 12.0 Å². The van der Waals surface area contributed by atoms with Gasteiger partial charge < -0.3 is 14.8 Å². The molecule has 1 heterocycles. The van der Waals surface area contributed by atoms with Crippen LogP contribution in [0.5, 0.6) is 11.5 Å². The number of nitrogens with one attached hydrogen (secondary N) is 1. The zero-order valence-corrected chi connectivity index (χ0v) is 19.2. The first-order valence-corrected chi connectivity index (χ1v) is 12.5. The van der Waals surface area contributed by atoms with Crippen LogP contribution in [0.4, 0.5) is 0 Å². The molecule has 0 bridgehead atoms. The normalized spacial score (nSPS) is 22.2. The van der Waals surface area contributed by atoms with E-state index in [4.69, 9.17) is 9.47 Å². The van der Waals surface area contributed by atoms with E-state index in [1.165, 1.54) is 43.2 Å². The molecule has 2 aromatic carbocycles. The average Bonchev–Trinajstić information content (AvgIpc) is 2.82. The van der Waals surface area contributed by atoms with Crippen molar-refractivity contribution in [3.63, 3.8) is 0 Å². The highest BCUT2D eigenvalue weighted by Gasteiger charge is 2.42. The van der Waals surface area contributed by atoms with Crippen LogP contribution in [0.1, 0.15) is 87.4 Å². The predicted octanol–water partition coefficient (Wildman–Crippen LogP) is 6.07. The van der Waals surface area contributed by atoms with E-state index >= 15 is 0 Å². The zero-order valence-electron chi connectivity index (χ0n) is 19.2. The van der Waals surface area contributed by atoms with Crippen molar-refractivity contribution in [3.05, 3.63) is 59.2 Å². The first-order chi connectivity index (χ1) is 15.7.